The van der Waals surface area contributed by atoms with Crippen LogP contribution in [0, 0.1) is 6.92 Å². The van der Waals surface area contributed by atoms with E-state index in [-0.39, 0.29) is 0 Å². The second-order valence-electron chi connectivity index (χ2n) is 6.56. The molecule has 27 heavy (non-hydrogen) atoms. The first kappa shape index (κ1) is 19.2. The van der Waals surface area contributed by atoms with Gasteiger partial charge in [-0.15, -0.1) is 0 Å². The number of ether oxygens (including phenoxy) is 2. The third-order valence-electron chi connectivity index (χ3n) is 4.07. The number of hydrogen-bond donors (Lipinski definition) is 0. The summed E-state index contributed by atoms with van der Waals surface area (Å²) in [5.74, 6) is 3.42. The van der Waals surface area contributed by atoms with Crippen molar-refractivity contribution in [2.24, 2.45) is 0 Å². The Balaban J connectivity index is 1.76. The summed E-state index contributed by atoms with van der Waals surface area (Å²) in [6, 6.07) is 18.0. The van der Waals surface area contributed by atoms with E-state index < -0.39 is 0 Å². The third-order valence-corrected chi connectivity index (χ3v) is 4.99. The second-order valence-corrected chi connectivity index (χ2v) is 7.51. The van der Waals surface area contributed by atoms with Gasteiger partial charge in [-0.05, 0) is 42.2 Å². The molecule has 0 bridgehead atoms. The van der Waals surface area contributed by atoms with Gasteiger partial charge < -0.3 is 9.47 Å². The molecule has 2 aromatic carbocycles. The van der Waals surface area contributed by atoms with E-state index >= 15 is 0 Å². The van der Waals surface area contributed by atoms with Crippen molar-refractivity contribution in [1.82, 2.24) is 9.97 Å². The van der Waals surface area contributed by atoms with Gasteiger partial charge in [-0.25, -0.2) is 4.98 Å². The molecular formula is C22H24N2O2S. The molecule has 0 saturated heterocycles. The summed E-state index contributed by atoms with van der Waals surface area (Å²) in [7, 11) is 1.68. The number of aryl methyl sites for hydroxylation is 1. The maximum Gasteiger partial charge on any atom is 0.223 e. The number of hydrogen-bond acceptors (Lipinski definition) is 5. The Morgan fingerprint density at radius 2 is 1.81 bits per heavy atom. The van der Waals surface area contributed by atoms with Gasteiger partial charge in [0.15, 0.2) is 5.16 Å². The van der Waals surface area contributed by atoms with Gasteiger partial charge in [0.05, 0.1) is 7.11 Å². The van der Waals surface area contributed by atoms with Crippen LogP contribution in [0.25, 0.3) is 0 Å². The zero-order chi connectivity index (χ0) is 19.2. The first-order chi connectivity index (χ1) is 13.0. The van der Waals surface area contributed by atoms with Gasteiger partial charge >= 0.3 is 0 Å². The van der Waals surface area contributed by atoms with E-state index in [0.29, 0.717) is 17.0 Å². The predicted octanol–water partition coefficient (Wildman–Crippen LogP) is 6.00. The van der Waals surface area contributed by atoms with Crippen LogP contribution in [0.2, 0.25) is 0 Å². The van der Waals surface area contributed by atoms with Crippen molar-refractivity contribution in [3.05, 3.63) is 71.4 Å². The molecule has 0 amide bonds. The van der Waals surface area contributed by atoms with Crippen molar-refractivity contribution in [3.63, 3.8) is 0 Å². The Labute approximate surface area is 165 Å². The Hall–Kier alpha value is -2.53. The smallest absolute Gasteiger partial charge is 0.223 e. The van der Waals surface area contributed by atoms with Crippen molar-refractivity contribution in [3.8, 4) is 17.4 Å². The lowest BCUT2D eigenvalue weighted by Gasteiger charge is -2.13. The van der Waals surface area contributed by atoms with Gasteiger partial charge in [0.2, 0.25) is 5.88 Å². The number of benzene rings is 2. The molecule has 1 heterocycles. The minimum atomic E-state index is 0.381. The molecule has 140 valence electrons. The third kappa shape index (κ3) is 5.23. The first-order valence-electron chi connectivity index (χ1n) is 8.93. The lowest BCUT2D eigenvalue weighted by molar-refractivity contribution is 0.414. The van der Waals surface area contributed by atoms with Gasteiger partial charge in [-0.2, -0.15) is 4.98 Å². The number of aromatic nitrogens is 2. The van der Waals surface area contributed by atoms with Gasteiger partial charge in [0.25, 0.3) is 0 Å². The van der Waals surface area contributed by atoms with Gasteiger partial charge in [0.1, 0.15) is 11.5 Å². The number of rotatable bonds is 7. The Bertz CT molecular complexity index is 912. The molecule has 0 unspecified atom stereocenters. The van der Waals surface area contributed by atoms with E-state index in [1.165, 1.54) is 5.56 Å². The predicted molar refractivity (Wildman–Crippen MR) is 110 cm³/mol. The highest BCUT2D eigenvalue weighted by Crippen LogP contribution is 2.31. The number of methoxy groups -OCH3 is 1. The van der Waals surface area contributed by atoms with E-state index in [1.807, 2.05) is 49.4 Å². The topological polar surface area (TPSA) is 44.2 Å². The standard InChI is InChI=1S/C22H24N2O2S/c1-15(2)19-10-5-6-11-20(19)26-21-12-16(3)23-22(24-21)27-14-17-8-7-9-18(13-17)25-4/h5-13,15H,14H2,1-4H3. The minimum Gasteiger partial charge on any atom is -0.497 e. The molecule has 1 aromatic heterocycles. The molecule has 0 aliphatic heterocycles. The minimum absolute atomic E-state index is 0.381. The molecule has 3 rings (SSSR count). The molecule has 3 aromatic rings. The molecule has 0 atom stereocenters. The molecule has 4 nitrogen and oxygen atoms in total. The molecule has 0 spiro atoms. The van der Waals surface area contributed by atoms with Crippen LogP contribution in [0.4, 0.5) is 0 Å². The van der Waals surface area contributed by atoms with Crippen LogP contribution in [0.5, 0.6) is 17.4 Å². The fourth-order valence-corrected chi connectivity index (χ4v) is 3.54. The molecule has 0 saturated carbocycles. The van der Waals surface area contributed by atoms with Crippen molar-refractivity contribution in [2.75, 3.05) is 7.11 Å². The average Bonchev–Trinajstić information content (AvgIpc) is 2.66. The normalized spacial score (nSPS) is 10.9. The quantitative estimate of drug-likeness (QED) is 0.371. The SMILES string of the molecule is COc1cccc(CSc2nc(C)cc(Oc3ccccc3C(C)C)n2)c1. The first-order valence-corrected chi connectivity index (χ1v) is 9.92. The summed E-state index contributed by atoms with van der Waals surface area (Å²) in [4.78, 5) is 9.12. The number of thioether (sulfide) groups is 1. The van der Waals surface area contributed by atoms with Crippen molar-refractivity contribution in [1.29, 1.82) is 0 Å². The number of nitrogens with zero attached hydrogens (tertiary/aromatic N) is 2. The van der Waals surface area contributed by atoms with E-state index in [4.69, 9.17) is 9.47 Å². The lowest BCUT2D eigenvalue weighted by Crippen LogP contribution is -1.98. The van der Waals surface area contributed by atoms with Gasteiger partial charge in [0, 0.05) is 17.5 Å². The van der Waals surface area contributed by atoms with Gasteiger partial charge in [-0.1, -0.05) is 55.9 Å². The summed E-state index contributed by atoms with van der Waals surface area (Å²) in [6.07, 6.45) is 0. The fraction of sp³-hybridized carbons (Fsp3) is 0.273. The van der Waals surface area contributed by atoms with Crippen molar-refractivity contribution in [2.45, 2.75) is 37.6 Å². The van der Waals surface area contributed by atoms with Crippen molar-refractivity contribution < 1.29 is 9.47 Å². The Morgan fingerprint density at radius 3 is 2.59 bits per heavy atom. The maximum atomic E-state index is 6.10. The van der Waals surface area contributed by atoms with E-state index in [1.54, 1.807) is 18.9 Å². The van der Waals surface area contributed by atoms with Crippen LogP contribution in [-0.4, -0.2) is 17.1 Å². The van der Waals surface area contributed by atoms with E-state index in [0.717, 1.165) is 28.5 Å². The summed E-state index contributed by atoms with van der Waals surface area (Å²) < 4.78 is 11.4. The molecule has 0 fully saturated rings. The highest BCUT2D eigenvalue weighted by Gasteiger charge is 2.11. The summed E-state index contributed by atoms with van der Waals surface area (Å²) in [5.41, 5.74) is 3.21. The molecule has 0 N–H and O–H groups in total. The number of para-hydroxylation sites is 1. The van der Waals surface area contributed by atoms with E-state index in [9.17, 15) is 0 Å². The molecule has 5 heteroatoms. The largest absolute Gasteiger partial charge is 0.497 e. The Morgan fingerprint density at radius 1 is 1.00 bits per heavy atom. The molecule has 0 radical (unpaired) electrons. The zero-order valence-corrected chi connectivity index (χ0v) is 16.9. The molecular weight excluding hydrogens is 356 g/mol. The van der Waals surface area contributed by atoms with Crippen LogP contribution in [0.1, 0.15) is 36.6 Å². The molecule has 0 aliphatic rings. The highest BCUT2D eigenvalue weighted by atomic mass is 32.2. The summed E-state index contributed by atoms with van der Waals surface area (Å²) in [5, 5.41) is 0.704. The highest BCUT2D eigenvalue weighted by molar-refractivity contribution is 7.98. The lowest BCUT2D eigenvalue weighted by atomic mass is 10.0. The van der Waals surface area contributed by atoms with Crippen LogP contribution < -0.4 is 9.47 Å². The van der Waals surface area contributed by atoms with Gasteiger partial charge in [-0.3, -0.25) is 0 Å². The molecule has 0 aliphatic carbocycles. The van der Waals surface area contributed by atoms with Crippen LogP contribution in [0.15, 0.2) is 59.8 Å². The summed E-state index contributed by atoms with van der Waals surface area (Å²) >= 11 is 1.58. The monoisotopic (exact) mass is 380 g/mol. The van der Waals surface area contributed by atoms with Crippen molar-refractivity contribution >= 4 is 11.8 Å². The average molecular weight is 381 g/mol. The fourth-order valence-electron chi connectivity index (χ4n) is 2.70. The maximum absolute atomic E-state index is 6.10. The second kappa shape index (κ2) is 8.91. The van der Waals surface area contributed by atoms with Crippen LogP contribution >= 0.6 is 11.8 Å². The summed E-state index contributed by atoms with van der Waals surface area (Å²) in [6.45, 7) is 6.27. The Kier molecular flexibility index (Phi) is 6.35. The van der Waals surface area contributed by atoms with Crippen LogP contribution in [0.3, 0.4) is 0 Å². The van der Waals surface area contributed by atoms with Crippen LogP contribution in [-0.2, 0) is 5.75 Å². The zero-order valence-electron chi connectivity index (χ0n) is 16.1. The van der Waals surface area contributed by atoms with E-state index in [2.05, 4.69) is 35.9 Å².